The number of thiazole rings is 1. The molecule has 0 radical (unpaired) electrons. The first-order valence-corrected chi connectivity index (χ1v) is 10.9. The van der Waals surface area contributed by atoms with Gasteiger partial charge in [0.05, 0.1) is 24.2 Å². The molecule has 0 saturated carbocycles. The molecular weight excluding hydrogens is 438 g/mol. The fraction of sp³-hybridized carbons (Fsp3) is 0.381. The molecule has 1 amide bonds. The molecule has 0 spiro atoms. The average molecular weight is 463 g/mol. The number of hydrogen-bond acceptors (Lipinski definition) is 7. The lowest BCUT2D eigenvalue weighted by molar-refractivity contribution is 0.0247. The highest BCUT2D eigenvalue weighted by molar-refractivity contribution is 7.19. The summed E-state index contributed by atoms with van der Waals surface area (Å²) in [7, 11) is 1.71. The summed E-state index contributed by atoms with van der Waals surface area (Å²) in [6.07, 6.45) is 0.683. The number of hydrogen-bond donors (Lipinski definition) is 3. The normalized spacial score (nSPS) is 21.3. The summed E-state index contributed by atoms with van der Waals surface area (Å²) in [5, 5.41) is 7.45. The van der Waals surface area contributed by atoms with E-state index in [0.29, 0.717) is 29.2 Å². The lowest BCUT2D eigenvalue weighted by Gasteiger charge is -2.17. The van der Waals surface area contributed by atoms with Gasteiger partial charge in [-0.3, -0.25) is 9.48 Å². The summed E-state index contributed by atoms with van der Waals surface area (Å²) in [6, 6.07) is 4.06. The van der Waals surface area contributed by atoms with Gasteiger partial charge in [-0.15, -0.1) is 0 Å². The highest BCUT2D eigenvalue weighted by Gasteiger charge is 2.30. The Bertz CT molecular complexity index is 1140. The number of rotatable bonds is 4. The van der Waals surface area contributed by atoms with Crippen molar-refractivity contribution < 1.29 is 18.3 Å². The van der Waals surface area contributed by atoms with Gasteiger partial charge >= 0.3 is 0 Å². The first kappa shape index (κ1) is 22.3. The van der Waals surface area contributed by atoms with Crippen LogP contribution in [-0.4, -0.2) is 39.5 Å². The van der Waals surface area contributed by atoms with Gasteiger partial charge in [0, 0.05) is 18.7 Å². The zero-order valence-corrected chi connectivity index (χ0v) is 18.5. The van der Waals surface area contributed by atoms with E-state index in [0.717, 1.165) is 16.9 Å². The number of anilines is 2. The lowest BCUT2D eigenvalue weighted by atomic mass is 10.0. The van der Waals surface area contributed by atoms with Gasteiger partial charge in [-0.1, -0.05) is 23.0 Å². The van der Waals surface area contributed by atoms with E-state index >= 15 is 0 Å². The van der Waals surface area contributed by atoms with Crippen molar-refractivity contribution in [2.45, 2.75) is 38.1 Å². The fourth-order valence-corrected chi connectivity index (χ4v) is 4.52. The lowest BCUT2D eigenvalue weighted by Crippen LogP contribution is -2.32. The molecule has 1 aromatic carbocycles. The van der Waals surface area contributed by atoms with Gasteiger partial charge in [0.15, 0.2) is 5.69 Å². The number of aryl methyl sites for hydroxylation is 2. The molecule has 0 bridgehead atoms. The van der Waals surface area contributed by atoms with Gasteiger partial charge in [-0.05, 0) is 31.9 Å². The Morgan fingerprint density at radius 1 is 1.38 bits per heavy atom. The third kappa shape index (κ3) is 4.36. The second kappa shape index (κ2) is 8.93. The SMILES string of the molecule is Cc1ccc(F)c(-c2nc(C(=O)Nc3cnn(C)c3C3CCC(N)C(F)CO3)c(N)s2)c1. The smallest absolute Gasteiger partial charge is 0.277 e. The molecule has 8 nitrogen and oxygen atoms in total. The Morgan fingerprint density at radius 3 is 2.94 bits per heavy atom. The third-order valence-electron chi connectivity index (χ3n) is 5.44. The maximum atomic E-state index is 14.3. The van der Waals surface area contributed by atoms with E-state index < -0.39 is 30.0 Å². The standard InChI is InChI=1S/C21H24F2N6O2S/c1-10-3-4-12(22)11(7-10)21-28-17(19(25)32-21)20(30)27-15-8-26-29(2)18(15)16-6-5-14(24)13(23)9-31-16/h3-4,7-8,13-14,16H,5-6,9,24-25H2,1-2H3,(H,27,30). The summed E-state index contributed by atoms with van der Waals surface area (Å²) in [5.74, 6) is -0.998. The number of nitrogen functional groups attached to an aromatic ring is 1. The number of amides is 1. The van der Waals surface area contributed by atoms with E-state index in [2.05, 4.69) is 15.4 Å². The van der Waals surface area contributed by atoms with Gasteiger partial charge in [0.25, 0.3) is 5.91 Å². The van der Waals surface area contributed by atoms with Crippen molar-refractivity contribution in [2.75, 3.05) is 17.7 Å². The van der Waals surface area contributed by atoms with Crippen molar-refractivity contribution in [3.8, 4) is 10.6 Å². The van der Waals surface area contributed by atoms with Gasteiger partial charge in [0.2, 0.25) is 0 Å². The number of aromatic nitrogens is 3. The predicted octanol–water partition coefficient (Wildman–Crippen LogP) is 3.34. The van der Waals surface area contributed by atoms with Crippen LogP contribution in [0.2, 0.25) is 0 Å². The van der Waals surface area contributed by atoms with Crippen LogP contribution in [0.25, 0.3) is 10.6 Å². The fourth-order valence-electron chi connectivity index (χ4n) is 3.67. The molecule has 3 unspecified atom stereocenters. The minimum Gasteiger partial charge on any atom is -0.389 e. The van der Waals surface area contributed by atoms with Crippen molar-refractivity contribution in [1.82, 2.24) is 14.8 Å². The van der Waals surface area contributed by atoms with Gasteiger partial charge < -0.3 is 21.5 Å². The topological polar surface area (TPSA) is 121 Å². The number of nitrogens with one attached hydrogen (secondary N) is 1. The molecule has 1 aliphatic heterocycles. The zero-order valence-electron chi connectivity index (χ0n) is 17.6. The molecule has 3 atom stereocenters. The summed E-state index contributed by atoms with van der Waals surface area (Å²) in [4.78, 5) is 17.2. The molecule has 1 aliphatic rings. The quantitative estimate of drug-likeness (QED) is 0.547. The molecule has 2 aromatic heterocycles. The van der Waals surface area contributed by atoms with Crippen molar-refractivity contribution in [3.63, 3.8) is 0 Å². The first-order chi connectivity index (χ1) is 15.2. The van der Waals surface area contributed by atoms with Crippen LogP contribution >= 0.6 is 11.3 Å². The summed E-state index contributed by atoms with van der Waals surface area (Å²) in [5.41, 5.74) is 14.0. The highest BCUT2D eigenvalue weighted by Crippen LogP contribution is 2.35. The monoisotopic (exact) mass is 462 g/mol. The van der Waals surface area contributed by atoms with Crippen LogP contribution in [0.3, 0.4) is 0 Å². The molecule has 3 aromatic rings. The van der Waals surface area contributed by atoms with Gasteiger partial charge in [-0.2, -0.15) is 5.10 Å². The Morgan fingerprint density at radius 2 is 2.16 bits per heavy atom. The van der Waals surface area contributed by atoms with E-state index in [1.54, 1.807) is 23.9 Å². The minimum atomic E-state index is -1.25. The Balaban J connectivity index is 1.58. The van der Waals surface area contributed by atoms with Crippen molar-refractivity contribution >= 4 is 27.9 Å². The molecule has 32 heavy (non-hydrogen) atoms. The van der Waals surface area contributed by atoms with Crippen molar-refractivity contribution in [3.05, 3.63) is 47.2 Å². The minimum absolute atomic E-state index is 0.00617. The second-order valence-corrected chi connectivity index (χ2v) is 8.85. The van der Waals surface area contributed by atoms with Crippen molar-refractivity contribution in [1.29, 1.82) is 0 Å². The summed E-state index contributed by atoms with van der Waals surface area (Å²) >= 11 is 1.03. The maximum Gasteiger partial charge on any atom is 0.277 e. The molecule has 1 fully saturated rings. The third-order valence-corrected chi connectivity index (χ3v) is 6.36. The average Bonchev–Trinajstić information content (AvgIpc) is 3.27. The van der Waals surface area contributed by atoms with Gasteiger partial charge in [-0.25, -0.2) is 13.8 Å². The van der Waals surface area contributed by atoms with Crippen LogP contribution < -0.4 is 16.8 Å². The Labute approximate surface area is 187 Å². The van der Waals surface area contributed by atoms with Crippen LogP contribution in [0.15, 0.2) is 24.4 Å². The Hall–Kier alpha value is -2.89. The number of nitrogens with zero attached hydrogens (tertiary/aromatic N) is 3. The van der Waals surface area contributed by atoms with Gasteiger partial charge in [0.1, 0.15) is 28.1 Å². The summed E-state index contributed by atoms with van der Waals surface area (Å²) in [6.45, 7) is 1.71. The largest absolute Gasteiger partial charge is 0.389 e. The molecule has 0 aliphatic carbocycles. The highest BCUT2D eigenvalue weighted by atomic mass is 32.1. The molecule has 1 saturated heterocycles. The number of halogens is 2. The number of benzene rings is 1. The number of carbonyl (C=O) groups excluding carboxylic acids is 1. The van der Waals surface area contributed by atoms with Crippen LogP contribution in [0.1, 0.15) is 40.7 Å². The van der Waals surface area contributed by atoms with E-state index in [9.17, 15) is 13.6 Å². The number of carbonyl (C=O) groups is 1. The van der Waals surface area contributed by atoms with E-state index in [-0.39, 0.29) is 22.9 Å². The predicted molar refractivity (Wildman–Crippen MR) is 119 cm³/mol. The number of nitrogens with two attached hydrogens (primary N) is 2. The van der Waals surface area contributed by atoms with Crippen LogP contribution in [0.4, 0.5) is 19.5 Å². The zero-order chi connectivity index (χ0) is 23.0. The maximum absolute atomic E-state index is 14.3. The van der Waals surface area contributed by atoms with Crippen LogP contribution in [0.5, 0.6) is 0 Å². The number of alkyl halides is 1. The number of ether oxygens (including phenoxy) is 1. The molecule has 11 heteroatoms. The molecule has 5 N–H and O–H groups in total. The molecular formula is C21H24F2N6O2S. The molecule has 170 valence electrons. The molecule has 3 heterocycles. The van der Waals surface area contributed by atoms with Crippen molar-refractivity contribution in [2.24, 2.45) is 12.8 Å². The van der Waals surface area contributed by atoms with E-state index in [1.165, 1.54) is 12.3 Å². The van der Waals surface area contributed by atoms with E-state index in [4.69, 9.17) is 16.2 Å². The van der Waals surface area contributed by atoms with Crippen LogP contribution in [-0.2, 0) is 11.8 Å². The van der Waals surface area contributed by atoms with E-state index in [1.807, 2.05) is 6.92 Å². The second-order valence-electron chi connectivity index (χ2n) is 7.82. The van der Waals surface area contributed by atoms with Crippen LogP contribution in [0, 0.1) is 12.7 Å². The Kier molecular flexibility index (Phi) is 6.22. The summed E-state index contributed by atoms with van der Waals surface area (Å²) < 4.78 is 35.5. The first-order valence-electron chi connectivity index (χ1n) is 10.1. The molecule has 4 rings (SSSR count).